The fourth-order valence-electron chi connectivity index (χ4n) is 3.54. The first-order valence-corrected chi connectivity index (χ1v) is 9.21. The van der Waals surface area contributed by atoms with E-state index in [-0.39, 0.29) is 12.5 Å². The number of nitrogens with zero attached hydrogens (tertiary/aromatic N) is 3. The number of hydrogen-bond donors (Lipinski definition) is 1. The summed E-state index contributed by atoms with van der Waals surface area (Å²) in [5, 5.41) is 12.3. The summed E-state index contributed by atoms with van der Waals surface area (Å²) in [5.74, 6) is -0.163. The molecule has 7 heteroatoms. The molecule has 0 spiro atoms. The zero-order chi connectivity index (χ0) is 19.7. The minimum Gasteiger partial charge on any atom is -0.442 e. The number of cyclic esters (lactones) is 1. The molecule has 0 bridgehead atoms. The molecule has 7 nitrogen and oxygen atoms in total. The number of ether oxygens (including phenoxy) is 1. The molecular formula is C21H20N4O3. The van der Waals surface area contributed by atoms with E-state index in [1.807, 2.05) is 30.3 Å². The molecule has 2 aromatic rings. The fraction of sp³-hybridized carbons (Fsp3) is 0.333. The number of benzene rings is 1. The highest BCUT2D eigenvalue weighted by atomic mass is 16.6. The van der Waals surface area contributed by atoms with Gasteiger partial charge in [-0.15, -0.1) is 0 Å². The second kappa shape index (κ2) is 6.97. The highest BCUT2D eigenvalue weighted by Crippen LogP contribution is 2.51. The largest absolute Gasteiger partial charge is 0.442 e. The van der Waals surface area contributed by atoms with Crippen LogP contribution in [0.1, 0.15) is 25.3 Å². The van der Waals surface area contributed by atoms with Gasteiger partial charge in [0.15, 0.2) is 0 Å². The van der Waals surface area contributed by atoms with Crippen molar-refractivity contribution in [2.75, 3.05) is 18.0 Å². The van der Waals surface area contributed by atoms with E-state index in [0.717, 1.165) is 29.5 Å². The zero-order valence-electron chi connectivity index (χ0n) is 15.5. The van der Waals surface area contributed by atoms with Gasteiger partial charge in [0.25, 0.3) is 0 Å². The maximum absolute atomic E-state index is 12.4. The van der Waals surface area contributed by atoms with Crippen LogP contribution >= 0.6 is 0 Å². The topological polar surface area (TPSA) is 95.3 Å². The van der Waals surface area contributed by atoms with Crippen LogP contribution in [0.15, 0.2) is 42.7 Å². The molecule has 1 aromatic carbocycles. The molecule has 2 aliphatic rings. The first-order chi connectivity index (χ1) is 13.5. The summed E-state index contributed by atoms with van der Waals surface area (Å²) in [6.07, 6.45) is 4.29. The van der Waals surface area contributed by atoms with Crippen LogP contribution in [0.25, 0.3) is 11.1 Å². The van der Waals surface area contributed by atoms with Gasteiger partial charge in [-0.1, -0.05) is 12.1 Å². The van der Waals surface area contributed by atoms with Gasteiger partial charge in [-0.2, -0.15) is 5.26 Å². The van der Waals surface area contributed by atoms with Gasteiger partial charge in [-0.25, -0.2) is 4.79 Å². The standard InChI is InChI=1S/C21H20N4O3/c1-14(26)24-11-17-12-25(20(27)28-17)16-4-5-19(21(13-22)6-7-21)18(9-16)15-3-2-8-23-10-15/h2-5,8-10,17H,6-7,11-12H2,1H3,(H,24,26)/t17-/m0/s1. The normalized spacial score (nSPS) is 19.6. The molecule has 1 N–H and O–H groups in total. The smallest absolute Gasteiger partial charge is 0.414 e. The average molecular weight is 376 g/mol. The van der Waals surface area contributed by atoms with Crippen molar-refractivity contribution in [3.63, 3.8) is 0 Å². The van der Waals surface area contributed by atoms with Crippen molar-refractivity contribution in [3.8, 4) is 17.2 Å². The Bertz CT molecular complexity index is 963. The number of carbonyl (C=O) groups is 2. The van der Waals surface area contributed by atoms with Crippen molar-refractivity contribution in [1.82, 2.24) is 10.3 Å². The van der Waals surface area contributed by atoms with E-state index in [1.165, 1.54) is 6.92 Å². The second-order valence-electron chi connectivity index (χ2n) is 7.22. The highest BCUT2D eigenvalue weighted by Gasteiger charge is 2.46. The predicted molar refractivity (Wildman–Crippen MR) is 102 cm³/mol. The number of carbonyl (C=O) groups excluding carboxylic acids is 2. The van der Waals surface area contributed by atoms with E-state index in [1.54, 1.807) is 17.3 Å². The van der Waals surface area contributed by atoms with Crippen LogP contribution in [-0.2, 0) is 14.9 Å². The van der Waals surface area contributed by atoms with E-state index >= 15 is 0 Å². The van der Waals surface area contributed by atoms with Gasteiger partial charge in [0.05, 0.1) is 24.6 Å². The summed E-state index contributed by atoms with van der Waals surface area (Å²) >= 11 is 0. The molecule has 0 radical (unpaired) electrons. The van der Waals surface area contributed by atoms with Crippen molar-refractivity contribution in [2.24, 2.45) is 0 Å². The van der Waals surface area contributed by atoms with Crippen LogP contribution < -0.4 is 10.2 Å². The Labute approximate surface area is 162 Å². The number of nitriles is 1. The summed E-state index contributed by atoms with van der Waals surface area (Å²) in [7, 11) is 0. The van der Waals surface area contributed by atoms with Crippen LogP contribution in [-0.4, -0.2) is 36.2 Å². The van der Waals surface area contributed by atoms with Gasteiger partial charge in [0.1, 0.15) is 6.10 Å². The molecular weight excluding hydrogens is 356 g/mol. The fourth-order valence-corrected chi connectivity index (χ4v) is 3.54. The summed E-state index contributed by atoms with van der Waals surface area (Å²) < 4.78 is 5.36. The summed E-state index contributed by atoms with van der Waals surface area (Å²) in [5.41, 5.74) is 3.02. The first-order valence-electron chi connectivity index (χ1n) is 9.21. The Hall–Kier alpha value is -3.40. The number of pyridine rings is 1. The van der Waals surface area contributed by atoms with Gasteiger partial charge < -0.3 is 10.1 Å². The quantitative estimate of drug-likeness (QED) is 0.866. The Morgan fingerprint density at radius 3 is 2.89 bits per heavy atom. The predicted octanol–water partition coefficient (Wildman–Crippen LogP) is 2.77. The first kappa shape index (κ1) is 18.0. The number of amides is 2. The Morgan fingerprint density at radius 2 is 2.25 bits per heavy atom. The number of rotatable bonds is 5. The van der Waals surface area contributed by atoms with Crippen LogP contribution in [0.4, 0.5) is 10.5 Å². The molecule has 1 saturated carbocycles. The van der Waals surface area contributed by atoms with Gasteiger partial charge in [-0.3, -0.25) is 14.7 Å². The number of anilines is 1. The third kappa shape index (κ3) is 3.29. The van der Waals surface area contributed by atoms with Crippen LogP contribution in [0.3, 0.4) is 0 Å². The molecule has 1 atom stereocenters. The highest BCUT2D eigenvalue weighted by molar-refractivity contribution is 5.91. The Morgan fingerprint density at radius 1 is 1.43 bits per heavy atom. The van der Waals surface area contributed by atoms with E-state index in [9.17, 15) is 14.9 Å². The maximum Gasteiger partial charge on any atom is 0.414 e. The molecule has 2 heterocycles. The third-order valence-electron chi connectivity index (χ3n) is 5.22. The molecule has 1 aromatic heterocycles. The molecule has 28 heavy (non-hydrogen) atoms. The molecule has 0 unspecified atom stereocenters. The summed E-state index contributed by atoms with van der Waals surface area (Å²) in [6.45, 7) is 2.06. The maximum atomic E-state index is 12.4. The van der Waals surface area contributed by atoms with Crippen molar-refractivity contribution in [1.29, 1.82) is 5.26 Å². The van der Waals surface area contributed by atoms with E-state index < -0.39 is 17.6 Å². The van der Waals surface area contributed by atoms with Gasteiger partial charge in [0.2, 0.25) is 5.91 Å². The van der Waals surface area contributed by atoms with Crippen LogP contribution in [0.5, 0.6) is 0 Å². The number of aromatic nitrogens is 1. The number of nitrogens with one attached hydrogen (secondary N) is 1. The van der Waals surface area contributed by atoms with Gasteiger partial charge in [0, 0.05) is 30.6 Å². The van der Waals surface area contributed by atoms with Gasteiger partial charge in [-0.05, 0) is 42.2 Å². The lowest BCUT2D eigenvalue weighted by molar-refractivity contribution is -0.119. The Kier molecular flexibility index (Phi) is 4.47. The third-order valence-corrected chi connectivity index (χ3v) is 5.22. The number of hydrogen-bond acceptors (Lipinski definition) is 5. The Balaban J connectivity index is 1.67. The minimum absolute atomic E-state index is 0.163. The van der Waals surface area contributed by atoms with Crippen molar-refractivity contribution in [3.05, 3.63) is 48.3 Å². The van der Waals surface area contributed by atoms with E-state index in [4.69, 9.17) is 4.74 Å². The molecule has 2 amide bonds. The van der Waals surface area contributed by atoms with Gasteiger partial charge >= 0.3 is 6.09 Å². The SMILES string of the molecule is CC(=O)NC[C@H]1CN(c2ccc(C3(C#N)CC3)c(-c3cccnc3)c2)C(=O)O1. The van der Waals surface area contributed by atoms with E-state index in [0.29, 0.717) is 12.2 Å². The minimum atomic E-state index is -0.455. The van der Waals surface area contributed by atoms with Crippen LogP contribution in [0.2, 0.25) is 0 Å². The monoisotopic (exact) mass is 376 g/mol. The lowest BCUT2D eigenvalue weighted by Crippen LogP contribution is -2.33. The summed E-state index contributed by atoms with van der Waals surface area (Å²) in [6, 6.07) is 12.0. The molecule has 4 rings (SSSR count). The van der Waals surface area contributed by atoms with Crippen molar-refractivity contribution in [2.45, 2.75) is 31.3 Å². The molecule has 142 valence electrons. The molecule has 1 aliphatic heterocycles. The molecule has 2 fully saturated rings. The van der Waals surface area contributed by atoms with Crippen molar-refractivity contribution < 1.29 is 14.3 Å². The van der Waals surface area contributed by atoms with Crippen LogP contribution in [0, 0.1) is 11.3 Å². The summed E-state index contributed by atoms with van der Waals surface area (Å²) in [4.78, 5) is 29.2. The lowest BCUT2D eigenvalue weighted by atomic mass is 9.89. The molecule has 1 saturated heterocycles. The molecule has 1 aliphatic carbocycles. The average Bonchev–Trinajstić information content (AvgIpc) is 3.42. The second-order valence-corrected chi connectivity index (χ2v) is 7.22. The van der Waals surface area contributed by atoms with E-state index in [2.05, 4.69) is 16.4 Å². The zero-order valence-corrected chi connectivity index (χ0v) is 15.5. The lowest BCUT2D eigenvalue weighted by Gasteiger charge is -2.19. The van der Waals surface area contributed by atoms with Crippen molar-refractivity contribution >= 4 is 17.7 Å².